The lowest BCUT2D eigenvalue weighted by atomic mass is 10.0. The second-order valence-corrected chi connectivity index (χ2v) is 4.70. The minimum Gasteiger partial charge on any atom is -0.396 e. The molecule has 2 aromatic carbocycles. The molecule has 0 aromatic heterocycles. The van der Waals surface area contributed by atoms with E-state index in [1.165, 1.54) is 18.2 Å². The minimum absolute atomic E-state index is 0.0126. The highest BCUT2D eigenvalue weighted by molar-refractivity contribution is 6.42. The van der Waals surface area contributed by atoms with Gasteiger partial charge in [-0.3, -0.25) is 0 Å². The Bertz CT molecular complexity index is 561. The third kappa shape index (κ3) is 2.34. The van der Waals surface area contributed by atoms with Crippen molar-refractivity contribution in [3.8, 4) is 11.1 Å². The number of hydrogen-bond acceptors (Lipinski definition) is 1. The Balaban J connectivity index is 2.73. The molecule has 0 aliphatic rings. The Morgan fingerprint density at radius 2 is 1.59 bits per heavy atom. The number of benzene rings is 2. The van der Waals surface area contributed by atoms with E-state index in [0.717, 1.165) is 0 Å². The van der Waals surface area contributed by atoms with Crippen molar-refractivity contribution >= 4 is 40.5 Å². The largest absolute Gasteiger partial charge is 0.396 e. The Kier molecular flexibility index (Phi) is 3.48. The van der Waals surface area contributed by atoms with Crippen molar-refractivity contribution in [3.63, 3.8) is 0 Å². The molecule has 0 bridgehead atoms. The number of rotatable bonds is 1. The highest BCUT2D eigenvalue weighted by Crippen LogP contribution is 2.40. The van der Waals surface area contributed by atoms with E-state index in [4.69, 9.17) is 40.5 Å². The van der Waals surface area contributed by atoms with Gasteiger partial charge in [-0.2, -0.15) is 0 Å². The molecule has 2 rings (SSSR count). The first-order valence-corrected chi connectivity index (χ1v) is 5.83. The number of anilines is 1. The summed E-state index contributed by atoms with van der Waals surface area (Å²) in [6.45, 7) is 0. The van der Waals surface area contributed by atoms with Gasteiger partial charge in [-0.1, -0.05) is 46.9 Å². The van der Waals surface area contributed by atoms with Crippen LogP contribution in [0.2, 0.25) is 15.1 Å². The third-order valence-corrected chi connectivity index (χ3v) is 3.14. The molecule has 0 aliphatic heterocycles. The van der Waals surface area contributed by atoms with E-state index < -0.39 is 5.82 Å². The van der Waals surface area contributed by atoms with Crippen LogP contribution in [0.5, 0.6) is 0 Å². The molecule has 5 heteroatoms. The Morgan fingerprint density at radius 1 is 1.00 bits per heavy atom. The number of para-hydroxylation sites is 1. The number of halogens is 4. The van der Waals surface area contributed by atoms with Crippen molar-refractivity contribution < 1.29 is 4.39 Å². The molecule has 0 saturated carbocycles. The van der Waals surface area contributed by atoms with Crippen molar-refractivity contribution in [2.75, 3.05) is 5.73 Å². The molecule has 0 heterocycles. The van der Waals surface area contributed by atoms with Gasteiger partial charge >= 0.3 is 0 Å². The summed E-state index contributed by atoms with van der Waals surface area (Å²) < 4.78 is 13.4. The maximum absolute atomic E-state index is 13.4. The summed E-state index contributed by atoms with van der Waals surface area (Å²) in [5.74, 6) is -0.510. The van der Waals surface area contributed by atoms with E-state index in [-0.39, 0.29) is 5.69 Å². The summed E-state index contributed by atoms with van der Waals surface area (Å²) in [6.07, 6.45) is 0. The van der Waals surface area contributed by atoms with Crippen molar-refractivity contribution in [2.45, 2.75) is 0 Å². The normalized spacial score (nSPS) is 10.6. The zero-order valence-corrected chi connectivity index (χ0v) is 10.7. The Labute approximate surface area is 113 Å². The average Bonchev–Trinajstić information content (AvgIpc) is 2.23. The molecule has 88 valence electrons. The first kappa shape index (κ1) is 12.5. The van der Waals surface area contributed by atoms with Crippen LogP contribution in [0.15, 0.2) is 30.3 Å². The van der Waals surface area contributed by atoms with Gasteiger partial charge < -0.3 is 5.73 Å². The maximum Gasteiger partial charge on any atom is 0.146 e. The summed E-state index contributed by atoms with van der Waals surface area (Å²) in [5.41, 5.74) is 6.61. The van der Waals surface area contributed by atoms with Gasteiger partial charge in [0, 0.05) is 16.1 Å². The van der Waals surface area contributed by atoms with Crippen LogP contribution in [0, 0.1) is 5.82 Å². The molecule has 0 saturated heterocycles. The first-order valence-electron chi connectivity index (χ1n) is 4.69. The van der Waals surface area contributed by atoms with Crippen molar-refractivity contribution in [2.24, 2.45) is 0 Å². The highest BCUT2D eigenvalue weighted by Gasteiger charge is 2.14. The predicted molar refractivity (Wildman–Crippen MR) is 71.3 cm³/mol. The summed E-state index contributed by atoms with van der Waals surface area (Å²) in [6, 6.07) is 7.54. The van der Waals surface area contributed by atoms with Gasteiger partial charge in [0.25, 0.3) is 0 Å². The fourth-order valence-electron chi connectivity index (χ4n) is 1.55. The zero-order chi connectivity index (χ0) is 12.6. The van der Waals surface area contributed by atoms with Crippen LogP contribution < -0.4 is 5.73 Å². The number of nitrogens with two attached hydrogens (primary N) is 1. The van der Waals surface area contributed by atoms with Crippen molar-refractivity contribution in [3.05, 3.63) is 51.2 Å². The fraction of sp³-hybridized carbons (Fsp3) is 0. The van der Waals surface area contributed by atoms with E-state index >= 15 is 0 Å². The molecule has 0 spiro atoms. The molecular weight excluding hydrogens is 283 g/mol. The molecule has 0 unspecified atom stereocenters. The van der Waals surface area contributed by atoms with E-state index in [9.17, 15) is 4.39 Å². The van der Waals surface area contributed by atoms with Gasteiger partial charge in [0.05, 0.1) is 15.7 Å². The van der Waals surface area contributed by atoms with Crippen molar-refractivity contribution in [1.29, 1.82) is 0 Å². The van der Waals surface area contributed by atoms with Gasteiger partial charge in [0.1, 0.15) is 5.82 Å². The molecule has 17 heavy (non-hydrogen) atoms. The van der Waals surface area contributed by atoms with Gasteiger partial charge in [-0.25, -0.2) is 4.39 Å². The highest BCUT2D eigenvalue weighted by atomic mass is 35.5. The van der Waals surface area contributed by atoms with Crippen LogP contribution >= 0.6 is 34.8 Å². The molecule has 0 atom stereocenters. The van der Waals surface area contributed by atoms with Crippen LogP contribution in [0.1, 0.15) is 0 Å². The van der Waals surface area contributed by atoms with Crippen LogP contribution in [0.25, 0.3) is 11.1 Å². The van der Waals surface area contributed by atoms with E-state index in [0.29, 0.717) is 26.2 Å². The smallest absolute Gasteiger partial charge is 0.146 e. The van der Waals surface area contributed by atoms with Crippen LogP contribution in [-0.2, 0) is 0 Å². The summed E-state index contributed by atoms with van der Waals surface area (Å²) in [4.78, 5) is 0. The Morgan fingerprint density at radius 3 is 2.18 bits per heavy atom. The topological polar surface area (TPSA) is 26.0 Å². The zero-order valence-electron chi connectivity index (χ0n) is 8.48. The minimum atomic E-state index is -0.510. The standard InChI is InChI=1S/C12H7Cl3FN/c13-6-4-8(14)11(9(15)5-6)7-2-1-3-10(16)12(7)17/h1-5H,17H2. The lowest BCUT2D eigenvalue weighted by Gasteiger charge is -2.11. The van der Waals surface area contributed by atoms with Gasteiger partial charge in [0.2, 0.25) is 0 Å². The monoisotopic (exact) mass is 289 g/mol. The van der Waals surface area contributed by atoms with Crippen LogP contribution in [0.4, 0.5) is 10.1 Å². The van der Waals surface area contributed by atoms with Crippen molar-refractivity contribution in [1.82, 2.24) is 0 Å². The second kappa shape index (κ2) is 4.73. The predicted octanol–water partition coefficient (Wildman–Crippen LogP) is 5.04. The molecule has 2 aromatic rings. The maximum atomic E-state index is 13.4. The molecule has 2 N–H and O–H groups in total. The second-order valence-electron chi connectivity index (χ2n) is 3.45. The molecular formula is C12H7Cl3FN. The SMILES string of the molecule is Nc1c(F)cccc1-c1c(Cl)cc(Cl)cc1Cl. The molecule has 0 amide bonds. The van der Waals surface area contributed by atoms with Gasteiger partial charge in [-0.05, 0) is 18.2 Å². The molecule has 1 nitrogen and oxygen atoms in total. The van der Waals surface area contributed by atoms with Crippen LogP contribution in [0.3, 0.4) is 0 Å². The lowest BCUT2D eigenvalue weighted by molar-refractivity contribution is 0.633. The van der Waals surface area contributed by atoms with Gasteiger partial charge in [-0.15, -0.1) is 0 Å². The summed E-state index contributed by atoms with van der Waals surface area (Å²) in [5, 5.41) is 1.08. The van der Waals surface area contributed by atoms with E-state index in [1.54, 1.807) is 12.1 Å². The fourth-order valence-corrected chi connectivity index (χ4v) is 2.58. The van der Waals surface area contributed by atoms with E-state index in [2.05, 4.69) is 0 Å². The summed E-state index contributed by atoms with van der Waals surface area (Å²) in [7, 11) is 0. The number of nitrogen functional groups attached to an aromatic ring is 1. The quantitative estimate of drug-likeness (QED) is 0.732. The third-order valence-electron chi connectivity index (χ3n) is 2.33. The first-order chi connectivity index (χ1) is 8.00. The number of hydrogen-bond donors (Lipinski definition) is 1. The van der Waals surface area contributed by atoms with Crippen LogP contribution in [-0.4, -0.2) is 0 Å². The molecule has 0 aliphatic carbocycles. The molecule has 0 fully saturated rings. The Hall–Kier alpha value is -0.960. The lowest BCUT2D eigenvalue weighted by Crippen LogP contribution is -1.95. The summed E-state index contributed by atoms with van der Waals surface area (Å²) >= 11 is 17.9. The average molecular weight is 291 g/mol. The van der Waals surface area contributed by atoms with E-state index in [1.807, 2.05) is 0 Å². The molecule has 0 radical (unpaired) electrons. The van der Waals surface area contributed by atoms with Gasteiger partial charge in [0.15, 0.2) is 0 Å².